The average Bonchev–Trinajstić information content (AvgIpc) is 2.55. The van der Waals surface area contributed by atoms with E-state index >= 15 is 0 Å². The molecule has 0 aromatic heterocycles. The van der Waals surface area contributed by atoms with E-state index in [1.807, 2.05) is 6.92 Å². The molecule has 0 amide bonds. The van der Waals surface area contributed by atoms with Gasteiger partial charge in [0.25, 0.3) is 0 Å². The van der Waals surface area contributed by atoms with E-state index in [1.165, 1.54) is 0 Å². The first-order valence-corrected chi connectivity index (χ1v) is 5.33. The largest absolute Gasteiger partial charge is 0.409 e. The van der Waals surface area contributed by atoms with Crippen molar-refractivity contribution in [3.05, 3.63) is 0 Å². The van der Waals surface area contributed by atoms with E-state index in [-0.39, 0.29) is 23.4 Å². The summed E-state index contributed by atoms with van der Waals surface area (Å²) in [4.78, 5) is 0. The molecule has 4 N–H and O–H groups in total. The van der Waals surface area contributed by atoms with Crippen molar-refractivity contribution >= 4 is 5.84 Å². The fraction of sp³-hybridized carbons (Fsp3) is 0.900. The van der Waals surface area contributed by atoms with E-state index in [4.69, 9.17) is 15.7 Å². The third kappa shape index (κ3) is 2.82. The zero-order valence-corrected chi connectivity index (χ0v) is 9.66. The number of amidine groups is 1. The third-order valence-electron chi connectivity index (χ3n) is 3.32. The molecule has 88 valence electrons. The molecule has 0 aromatic rings. The minimum absolute atomic E-state index is 0.00396. The molecule has 1 heterocycles. The summed E-state index contributed by atoms with van der Waals surface area (Å²) < 4.78 is 5.51. The lowest BCUT2D eigenvalue weighted by atomic mass is 9.94. The second-order valence-corrected chi connectivity index (χ2v) is 4.49. The first-order valence-electron chi connectivity index (χ1n) is 5.33. The Bertz CT molecular complexity index is 245. The molecular weight excluding hydrogens is 194 g/mol. The van der Waals surface area contributed by atoms with Crippen LogP contribution in [0.4, 0.5) is 0 Å². The number of hydrogen-bond donors (Lipinski definition) is 3. The van der Waals surface area contributed by atoms with Crippen molar-refractivity contribution in [2.75, 3.05) is 13.2 Å². The Morgan fingerprint density at radius 2 is 2.47 bits per heavy atom. The van der Waals surface area contributed by atoms with Crippen LogP contribution in [0.3, 0.4) is 0 Å². The Kier molecular flexibility index (Phi) is 3.93. The van der Waals surface area contributed by atoms with Crippen LogP contribution in [0.1, 0.15) is 27.2 Å². The van der Waals surface area contributed by atoms with Crippen molar-refractivity contribution in [2.45, 2.75) is 38.8 Å². The maximum atomic E-state index is 8.52. The Labute approximate surface area is 90.7 Å². The molecule has 0 spiro atoms. The van der Waals surface area contributed by atoms with Crippen LogP contribution in [0.5, 0.6) is 0 Å². The predicted octanol–water partition coefficient (Wildman–Crippen LogP) is 0.526. The van der Waals surface area contributed by atoms with Crippen molar-refractivity contribution in [3.8, 4) is 0 Å². The van der Waals surface area contributed by atoms with E-state index in [9.17, 15) is 0 Å². The molecule has 0 radical (unpaired) electrons. The van der Waals surface area contributed by atoms with E-state index in [1.54, 1.807) is 0 Å². The van der Waals surface area contributed by atoms with Gasteiger partial charge in [-0.3, -0.25) is 0 Å². The standard InChI is InChI=1S/C10H21N3O2/c1-7(9(11)13-14)6-12-10(3)4-5-15-8(10)2/h7-8,12,14H,4-6H2,1-3H3,(H2,11,13). The SMILES string of the molecule is CC(CNC1(C)CCOC1C)C(N)=NO. The molecule has 1 fully saturated rings. The van der Waals surface area contributed by atoms with Crippen LogP contribution in [-0.2, 0) is 4.74 Å². The number of oxime groups is 1. The summed E-state index contributed by atoms with van der Waals surface area (Å²) in [5.41, 5.74) is 5.51. The molecule has 3 atom stereocenters. The van der Waals surface area contributed by atoms with Crippen LogP contribution in [0.2, 0.25) is 0 Å². The number of ether oxygens (including phenoxy) is 1. The van der Waals surface area contributed by atoms with E-state index in [0.717, 1.165) is 13.0 Å². The molecule has 15 heavy (non-hydrogen) atoms. The van der Waals surface area contributed by atoms with Crippen LogP contribution >= 0.6 is 0 Å². The van der Waals surface area contributed by atoms with Gasteiger partial charge in [-0.25, -0.2) is 0 Å². The first-order chi connectivity index (χ1) is 6.99. The molecule has 0 aliphatic carbocycles. The number of rotatable bonds is 4. The van der Waals surface area contributed by atoms with Crippen molar-refractivity contribution < 1.29 is 9.94 Å². The smallest absolute Gasteiger partial charge is 0.143 e. The molecule has 0 bridgehead atoms. The zero-order valence-electron chi connectivity index (χ0n) is 9.66. The highest BCUT2D eigenvalue weighted by molar-refractivity contribution is 5.82. The zero-order chi connectivity index (χ0) is 11.5. The van der Waals surface area contributed by atoms with Gasteiger partial charge in [-0.1, -0.05) is 12.1 Å². The van der Waals surface area contributed by atoms with E-state index in [0.29, 0.717) is 6.54 Å². The monoisotopic (exact) mass is 215 g/mol. The van der Waals surface area contributed by atoms with Crippen molar-refractivity contribution in [1.82, 2.24) is 5.32 Å². The fourth-order valence-electron chi connectivity index (χ4n) is 1.66. The number of hydrogen-bond acceptors (Lipinski definition) is 4. The highest BCUT2D eigenvalue weighted by Gasteiger charge is 2.36. The van der Waals surface area contributed by atoms with Crippen LogP contribution in [0.15, 0.2) is 5.16 Å². The van der Waals surface area contributed by atoms with Crippen molar-refractivity contribution in [1.29, 1.82) is 0 Å². The lowest BCUT2D eigenvalue weighted by Gasteiger charge is -2.30. The molecule has 0 saturated carbocycles. The molecule has 0 aromatic carbocycles. The van der Waals surface area contributed by atoms with Crippen LogP contribution < -0.4 is 11.1 Å². The quantitative estimate of drug-likeness (QED) is 0.276. The molecule has 5 heteroatoms. The molecule has 1 saturated heterocycles. The number of nitrogens with zero attached hydrogens (tertiary/aromatic N) is 1. The fourth-order valence-corrected chi connectivity index (χ4v) is 1.66. The minimum atomic E-state index is 0.00396. The summed E-state index contributed by atoms with van der Waals surface area (Å²) in [6.07, 6.45) is 1.20. The topological polar surface area (TPSA) is 79.9 Å². The number of nitrogens with one attached hydrogen (secondary N) is 1. The summed E-state index contributed by atoms with van der Waals surface area (Å²) in [5.74, 6) is 0.289. The van der Waals surface area contributed by atoms with Gasteiger partial charge < -0.3 is 21.0 Å². The van der Waals surface area contributed by atoms with Crippen LogP contribution in [0, 0.1) is 5.92 Å². The van der Waals surface area contributed by atoms with Gasteiger partial charge >= 0.3 is 0 Å². The maximum Gasteiger partial charge on any atom is 0.143 e. The molecule has 1 aliphatic rings. The lowest BCUT2D eigenvalue weighted by molar-refractivity contribution is 0.0882. The normalized spacial score (nSPS) is 34.3. The Morgan fingerprint density at radius 3 is 2.93 bits per heavy atom. The third-order valence-corrected chi connectivity index (χ3v) is 3.32. The van der Waals surface area contributed by atoms with Gasteiger partial charge in [0.15, 0.2) is 0 Å². The summed E-state index contributed by atoms with van der Waals surface area (Å²) >= 11 is 0. The Morgan fingerprint density at radius 1 is 1.80 bits per heavy atom. The molecule has 5 nitrogen and oxygen atoms in total. The Hall–Kier alpha value is -0.810. The van der Waals surface area contributed by atoms with E-state index < -0.39 is 0 Å². The highest BCUT2D eigenvalue weighted by Crippen LogP contribution is 2.25. The van der Waals surface area contributed by atoms with Crippen molar-refractivity contribution in [3.63, 3.8) is 0 Å². The predicted molar refractivity (Wildman–Crippen MR) is 59.0 cm³/mol. The molecule has 1 aliphatic heterocycles. The summed E-state index contributed by atoms with van der Waals surface area (Å²) in [6.45, 7) is 7.62. The van der Waals surface area contributed by atoms with Gasteiger partial charge in [0, 0.05) is 24.6 Å². The van der Waals surface area contributed by atoms with E-state index in [2.05, 4.69) is 24.3 Å². The van der Waals surface area contributed by atoms with Gasteiger partial charge in [-0.15, -0.1) is 0 Å². The molecular formula is C10H21N3O2. The first kappa shape index (κ1) is 12.3. The second kappa shape index (κ2) is 4.81. The van der Waals surface area contributed by atoms with Crippen LogP contribution in [-0.4, -0.2) is 35.8 Å². The second-order valence-electron chi connectivity index (χ2n) is 4.49. The lowest BCUT2D eigenvalue weighted by Crippen LogP contribution is -2.50. The maximum absolute atomic E-state index is 8.52. The average molecular weight is 215 g/mol. The van der Waals surface area contributed by atoms with Gasteiger partial charge in [0.1, 0.15) is 5.84 Å². The van der Waals surface area contributed by atoms with Crippen LogP contribution in [0.25, 0.3) is 0 Å². The molecule has 3 unspecified atom stereocenters. The van der Waals surface area contributed by atoms with Crippen molar-refractivity contribution in [2.24, 2.45) is 16.8 Å². The summed E-state index contributed by atoms with van der Waals surface area (Å²) in [5, 5.41) is 14.9. The summed E-state index contributed by atoms with van der Waals surface area (Å²) in [7, 11) is 0. The van der Waals surface area contributed by atoms with Gasteiger partial charge in [-0.2, -0.15) is 0 Å². The van der Waals surface area contributed by atoms with Gasteiger partial charge in [-0.05, 0) is 20.3 Å². The highest BCUT2D eigenvalue weighted by atomic mass is 16.5. The van der Waals surface area contributed by atoms with Gasteiger partial charge in [0.2, 0.25) is 0 Å². The Balaban J connectivity index is 2.42. The summed E-state index contributed by atoms with van der Waals surface area (Å²) in [6, 6.07) is 0. The van der Waals surface area contributed by atoms with Gasteiger partial charge in [0.05, 0.1) is 6.10 Å². The number of nitrogens with two attached hydrogens (primary N) is 1. The molecule has 1 rings (SSSR count). The minimum Gasteiger partial charge on any atom is -0.409 e.